The zero-order chi connectivity index (χ0) is 14.7. The van der Waals surface area contributed by atoms with Crippen molar-refractivity contribution in [3.05, 3.63) is 30.1 Å². The Morgan fingerprint density at radius 1 is 1.48 bits per heavy atom. The fourth-order valence-corrected chi connectivity index (χ4v) is 2.53. The monoisotopic (exact) mass is 304 g/mol. The molecule has 0 aromatic carbocycles. The van der Waals surface area contributed by atoms with E-state index in [0.29, 0.717) is 17.0 Å². The average molecular weight is 304 g/mol. The minimum atomic E-state index is -0.0737. The van der Waals surface area contributed by atoms with Crippen molar-refractivity contribution in [1.29, 1.82) is 0 Å². The highest BCUT2D eigenvalue weighted by Gasteiger charge is 2.23. The van der Waals surface area contributed by atoms with Crippen LogP contribution in [-0.4, -0.2) is 31.7 Å². The van der Waals surface area contributed by atoms with E-state index in [2.05, 4.69) is 20.4 Å². The summed E-state index contributed by atoms with van der Waals surface area (Å²) in [5.74, 6) is 0.846. The highest BCUT2D eigenvalue weighted by Crippen LogP contribution is 2.20. The van der Waals surface area contributed by atoms with Crippen molar-refractivity contribution in [2.45, 2.75) is 36.3 Å². The van der Waals surface area contributed by atoms with Crippen LogP contribution in [0.3, 0.4) is 0 Å². The largest absolute Gasteiger partial charge is 0.368 e. The van der Waals surface area contributed by atoms with Crippen LogP contribution in [0.5, 0.6) is 0 Å². The quantitative estimate of drug-likeness (QED) is 0.767. The molecule has 1 saturated carbocycles. The molecule has 1 fully saturated rings. The molecule has 8 heteroatoms. The van der Waals surface area contributed by atoms with Crippen LogP contribution in [-0.2, 0) is 17.1 Å². The number of nitrogen functional groups attached to an aromatic ring is 1. The van der Waals surface area contributed by atoms with Gasteiger partial charge in [-0.05, 0) is 25.0 Å². The van der Waals surface area contributed by atoms with E-state index >= 15 is 0 Å². The standard InChI is InChI=1S/C13H16N6OS/c14-12-17-13(21-8-10-3-1-2-6-15-10)18-19(12)7-11(20)16-9-4-5-9/h1-3,6,9H,4-5,7-8H2,(H,16,20)(H2,14,17,18). The molecule has 21 heavy (non-hydrogen) atoms. The number of aromatic nitrogens is 4. The summed E-state index contributed by atoms with van der Waals surface area (Å²) < 4.78 is 1.43. The van der Waals surface area contributed by atoms with Gasteiger partial charge in [0.2, 0.25) is 17.0 Å². The van der Waals surface area contributed by atoms with Gasteiger partial charge in [0.25, 0.3) is 0 Å². The molecule has 1 aliphatic carbocycles. The fourth-order valence-electron chi connectivity index (χ4n) is 1.77. The second-order valence-corrected chi connectivity index (χ2v) is 5.80. The first kappa shape index (κ1) is 13.9. The Bertz CT molecular complexity index is 625. The van der Waals surface area contributed by atoms with Crippen LogP contribution in [0.2, 0.25) is 0 Å². The third-order valence-corrected chi connectivity index (χ3v) is 3.86. The molecule has 1 amide bonds. The summed E-state index contributed by atoms with van der Waals surface area (Å²) >= 11 is 1.44. The van der Waals surface area contributed by atoms with E-state index in [1.807, 2.05) is 18.2 Å². The third-order valence-electron chi connectivity index (χ3n) is 2.99. The number of hydrogen-bond donors (Lipinski definition) is 2. The minimum absolute atomic E-state index is 0.0737. The SMILES string of the molecule is Nc1nc(SCc2ccccn2)nn1CC(=O)NC1CC1. The first-order valence-electron chi connectivity index (χ1n) is 6.73. The van der Waals surface area contributed by atoms with Gasteiger partial charge in [0, 0.05) is 18.0 Å². The first-order chi connectivity index (χ1) is 10.2. The predicted octanol–water partition coefficient (Wildman–Crippen LogP) is 0.826. The molecule has 0 aliphatic heterocycles. The number of hydrogen-bond acceptors (Lipinski definition) is 6. The number of carbonyl (C=O) groups excluding carboxylic acids is 1. The number of nitrogens with zero attached hydrogens (tertiary/aromatic N) is 4. The van der Waals surface area contributed by atoms with Crippen LogP contribution in [0, 0.1) is 0 Å². The zero-order valence-electron chi connectivity index (χ0n) is 11.4. The summed E-state index contributed by atoms with van der Waals surface area (Å²) in [5, 5.41) is 7.70. The molecule has 0 unspecified atom stereocenters. The van der Waals surface area contributed by atoms with Crippen LogP contribution in [0.4, 0.5) is 5.95 Å². The van der Waals surface area contributed by atoms with E-state index in [-0.39, 0.29) is 18.4 Å². The van der Waals surface area contributed by atoms with Gasteiger partial charge in [-0.2, -0.15) is 4.98 Å². The highest BCUT2D eigenvalue weighted by atomic mass is 32.2. The smallest absolute Gasteiger partial charge is 0.242 e. The molecule has 7 nitrogen and oxygen atoms in total. The van der Waals surface area contributed by atoms with Crippen LogP contribution < -0.4 is 11.1 Å². The van der Waals surface area contributed by atoms with Crippen molar-refractivity contribution >= 4 is 23.6 Å². The molecular formula is C13H16N6OS. The van der Waals surface area contributed by atoms with Gasteiger partial charge in [0.05, 0.1) is 5.69 Å². The summed E-state index contributed by atoms with van der Waals surface area (Å²) in [7, 11) is 0. The number of amides is 1. The van der Waals surface area contributed by atoms with E-state index in [4.69, 9.17) is 5.73 Å². The molecule has 110 valence electrons. The lowest BCUT2D eigenvalue weighted by Crippen LogP contribution is -2.30. The van der Waals surface area contributed by atoms with Crippen LogP contribution in [0.25, 0.3) is 0 Å². The lowest BCUT2D eigenvalue weighted by atomic mass is 10.4. The van der Waals surface area contributed by atoms with Gasteiger partial charge >= 0.3 is 0 Å². The van der Waals surface area contributed by atoms with Crippen molar-refractivity contribution in [2.75, 3.05) is 5.73 Å². The molecule has 2 heterocycles. The normalized spacial score (nSPS) is 14.1. The van der Waals surface area contributed by atoms with E-state index in [9.17, 15) is 4.79 Å². The Hall–Kier alpha value is -2.09. The Morgan fingerprint density at radius 2 is 2.33 bits per heavy atom. The van der Waals surface area contributed by atoms with Gasteiger partial charge in [0.15, 0.2) is 0 Å². The molecule has 0 bridgehead atoms. The van der Waals surface area contributed by atoms with Gasteiger partial charge < -0.3 is 11.1 Å². The average Bonchev–Trinajstić information content (AvgIpc) is 3.22. The number of carbonyl (C=O) groups is 1. The topological polar surface area (TPSA) is 98.7 Å². The third kappa shape index (κ3) is 3.94. The van der Waals surface area contributed by atoms with E-state index in [0.717, 1.165) is 18.5 Å². The Labute approximate surface area is 126 Å². The number of rotatable bonds is 6. The summed E-state index contributed by atoms with van der Waals surface area (Å²) in [4.78, 5) is 20.1. The summed E-state index contributed by atoms with van der Waals surface area (Å²) in [6.45, 7) is 0.111. The predicted molar refractivity (Wildman–Crippen MR) is 79.4 cm³/mol. The molecular weight excluding hydrogens is 288 g/mol. The van der Waals surface area contributed by atoms with E-state index in [1.54, 1.807) is 6.20 Å². The number of nitrogens with two attached hydrogens (primary N) is 1. The molecule has 2 aromatic rings. The number of pyridine rings is 1. The minimum Gasteiger partial charge on any atom is -0.368 e. The Morgan fingerprint density at radius 3 is 3.05 bits per heavy atom. The van der Waals surface area contributed by atoms with Gasteiger partial charge in [-0.1, -0.05) is 17.8 Å². The molecule has 1 aliphatic rings. The molecule has 0 atom stereocenters. The van der Waals surface area contributed by atoms with Crippen molar-refractivity contribution in [1.82, 2.24) is 25.1 Å². The van der Waals surface area contributed by atoms with Crippen molar-refractivity contribution in [2.24, 2.45) is 0 Å². The second-order valence-electron chi connectivity index (χ2n) is 4.86. The van der Waals surface area contributed by atoms with Gasteiger partial charge in [0.1, 0.15) is 6.54 Å². The Balaban J connectivity index is 1.57. The number of nitrogens with one attached hydrogen (secondary N) is 1. The molecule has 0 radical (unpaired) electrons. The highest BCUT2D eigenvalue weighted by molar-refractivity contribution is 7.98. The zero-order valence-corrected chi connectivity index (χ0v) is 12.2. The first-order valence-corrected chi connectivity index (χ1v) is 7.71. The fraction of sp³-hybridized carbons (Fsp3) is 0.385. The van der Waals surface area contributed by atoms with Crippen LogP contribution >= 0.6 is 11.8 Å². The molecule has 3 rings (SSSR count). The summed E-state index contributed by atoms with van der Waals surface area (Å²) in [6, 6.07) is 6.08. The summed E-state index contributed by atoms with van der Waals surface area (Å²) in [5.41, 5.74) is 6.73. The van der Waals surface area contributed by atoms with Crippen molar-refractivity contribution < 1.29 is 4.79 Å². The molecule has 0 spiro atoms. The molecule has 0 saturated heterocycles. The number of thioether (sulfide) groups is 1. The molecule has 3 N–H and O–H groups in total. The maximum atomic E-state index is 11.7. The van der Waals surface area contributed by atoms with E-state index in [1.165, 1.54) is 16.4 Å². The van der Waals surface area contributed by atoms with Crippen molar-refractivity contribution in [3.63, 3.8) is 0 Å². The van der Waals surface area contributed by atoms with Gasteiger partial charge in [-0.25, -0.2) is 4.68 Å². The Kier molecular flexibility index (Phi) is 4.05. The summed E-state index contributed by atoms with van der Waals surface area (Å²) in [6.07, 6.45) is 3.87. The van der Waals surface area contributed by atoms with Gasteiger partial charge in [-0.15, -0.1) is 5.10 Å². The maximum Gasteiger partial charge on any atom is 0.242 e. The van der Waals surface area contributed by atoms with Crippen LogP contribution in [0.15, 0.2) is 29.6 Å². The van der Waals surface area contributed by atoms with Crippen LogP contribution in [0.1, 0.15) is 18.5 Å². The maximum absolute atomic E-state index is 11.7. The lowest BCUT2D eigenvalue weighted by molar-refractivity contribution is -0.121. The van der Waals surface area contributed by atoms with Gasteiger partial charge in [-0.3, -0.25) is 9.78 Å². The van der Waals surface area contributed by atoms with E-state index < -0.39 is 0 Å². The lowest BCUT2D eigenvalue weighted by Gasteiger charge is -2.03. The number of anilines is 1. The second kappa shape index (κ2) is 6.13. The van der Waals surface area contributed by atoms with Crippen molar-refractivity contribution in [3.8, 4) is 0 Å². The molecule has 2 aromatic heterocycles.